The monoisotopic (exact) mass is 435 g/mol. The number of carbonyl (C=O) groups excluding carboxylic acids is 1. The minimum absolute atomic E-state index is 0.100. The third-order valence-corrected chi connectivity index (χ3v) is 8.88. The molecule has 0 radical (unpaired) electrons. The second kappa shape index (κ2) is 9.51. The fourth-order valence-corrected chi connectivity index (χ4v) is 6.88. The zero-order valence-corrected chi connectivity index (χ0v) is 19.5. The fourth-order valence-electron chi connectivity index (χ4n) is 6.88. The molecule has 4 fully saturated rings. The summed E-state index contributed by atoms with van der Waals surface area (Å²) in [5.41, 5.74) is 2.33. The van der Waals surface area contributed by atoms with Gasteiger partial charge in [0.15, 0.2) is 6.10 Å². The number of aromatic nitrogens is 1. The van der Waals surface area contributed by atoms with Crippen molar-refractivity contribution < 1.29 is 14.0 Å². The highest BCUT2D eigenvalue weighted by Gasteiger charge is 2.50. The van der Waals surface area contributed by atoms with Crippen molar-refractivity contribution in [3.8, 4) is 0 Å². The fraction of sp³-hybridized carbons (Fsp3) is 0.643. The highest BCUT2D eigenvalue weighted by Crippen LogP contribution is 2.46. The topological polar surface area (TPSA) is 39.2 Å². The number of quaternary nitrogens is 1. The van der Waals surface area contributed by atoms with Crippen LogP contribution in [0.4, 0.5) is 0 Å². The molecule has 1 atom stereocenters. The van der Waals surface area contributed by atoms with Gasteiger partial charge in [-0.2, -0.15) is 0 Å². The lowest BCUT2D eigenvalue weighted by Gasteiger charge is -2.52. The molecule has 6 rings (SSSR count). The van der Waals surface area contributed by atoms with Gasteiger partial charge in [0, 0.05) is 37.6 Å². The minimum Gasteiger partial charge on any atom is -0.455 e. The van der Waals surface area contributed by atoms with Crippen LogP contribution in [-0.2, 0) is 16.0 Å². The van der Waals surface area contributed by atoms with Gasteiger partial charge in [0.1, 0.15) is 6.54 Å². The number of piperidine rings is 3. The summed E-state index contributed by atoms with van der Waals surface area (Å²) in [6, 6.07) is 4.26. The average Bonchev–Trinajstić information content (AvgIpc) is 3.26. The van der Waals surface area contributed by atoms with Crippen molar-refractivity contribution in [2.75, 3.05) is 26.2 Å². The van der Waals surface area contributed by atoms with Crippen LogP contribution in [0.3, 0.4) is 0 Å². The first-order chi connectivity index (χ1) is 15.7. The van der Waals surface area contributed by atoms with Crippen LogP contribution in [0.5, 0.6) is 0 Å². The van der Waals surface area contributed by atoms with E-state index in [4.69, 9.17) is 4.74 Å². The van der Waals surface area contributed by atoms with E-state index in [9.17, 15) is 4.79 Å². The Morgan fingerprint density at radius 2 is 1.84 bits per heavy atom. The summed E-state index contributed by atoms with van der Waals surface area (Å²) >= 11 is 0. The molecule has 172 valence electrons. The van der Waals surface area contributed by atoms with E-state index in [0.717, 1.165) is 49.6 Å². The van der Waals surface area contributed by atoms with Gasteiger partial charge in [-0.15, -0.1) is 0 Å². The molecule has 5 aliphatic rings. The van der Waals surface area contributed by atoms with E-state index >= 15 is 0 Å². The van der Waals surface area contributed by atoms with E-state index in [2.05, 4.69) is 35.3 Å². The lowest BCUT2D eigenvalue weighted by Crippen LogP contribution is -2.65. The maximum atomic E-state index is 13.8. The SMILES string of the molecule is O=C(O[C@H]1C[N+]2(CCCc3ccncc3)CCC1CC2)C1(C2=CC=CC2)CCCCCC1. The molecule has 1 aromatic rings. The van der Waals surface area contributed by atoms with Gasteiger partial charge in [0.25, 0.3) is 0 Å². The van der Waals surface area contributed by atoms with E-state index in [0.29, 0.717) is 5.92 Å². The van der Waals surface area contributed by atoms with Crippen LogP contribution >= 0.6 is 0 Å². The van der Waals surface area contributed by atoms with Gasteiger partial charge in [-0.05, 0) is 49.0 Å². The third-order valence-electron chi connectivity index (χ3n) is 8.88. The van der Waals surface area contributed by atoms with Crippen molar-refractivity contribution in [2.45, 2.75) is 76.7 Å². The van der Waals surface area contributed by atoms with Gasteiger partial charge in [0.05, 0.1) is 25.0 Å². The molecule has 4 heteroatoms. The van der Waals surface area contributed by atoms with Crippen LogP contribution in [0.25, 0.3) is 0 Å². The molecule has 0 spiro atoms. The molecule has 0 amide bonds. The minimum atomic E-state index is -0.363. The van der Waals surface area contributed by atoms with Gasteiger partial charge in [-0.1, -0.05) is 43.9 Å². The predicted molar refractivity (Wildman–Crippen MR) is 127 cm³/mol. The molecular formula is C28H39N2O2+. The molecule has 0 N–H and O–H groups in total. The highest BCUT2D eigenvalue weighted by atomic mass is 16.5. The van der Waals surface area contributed by atoms with Crippen LogP contribution in [-0.4, -0.2) is 47.7 Å². The largest absolute Gasteiger partial charge is 0.455 e. The van der Waals surface area contributed by atoms with Gasteiger partial charge in [-0.25, -0.2) is 0 Å². The van der Waals surface area contributed by atoms with Crippen molar-refractivity contribution >= 4 is 5.97 Å². The molecule has 32 heavy (non-hydrogen) atoms. The summed E-state index contributed by atoms with van der Waals surface area (Å²) in [6.45, 7) is 4.74. The third kappa shape index (κ3) is 4.44. The molecule has 4 nitrogen and oxygen atoms in total. The van der Waals surface area contributed by atoms with Crippen molar-refractivity contribution in [3.63, 3.8) is 0 Å². The van der Waals surface area contributed by atoms with E-state index in [1.165, 1.54) is 62.9 Å². The number of carbonyl (C=O) groups is 1. The zero-order chi connectivity index (χ0) is 21.9. The van der Waals surface area contributed by atoms with E-state index in [1.54, 1.807) is 0 Å². The number of aryl methyl sites for hydroxylation is 1. The standard InChI is InChI=1S/C28H39N2O2/c31-27(28(25-9-3-4-10-25)15-5-1-2-6-16-28)32-26-22-30(20-13-24(26)14-21-30)19-7-8-23-11-17-29-18-12-23/h3-4,9,11-12,17-18,24,26H,1-2,5-8,10,13-16,19-22H2/q+1/t24?,26-,30?/m0/s1. The average molecular weight is 436 g/mol. The van der Waals surface area contributed by atoms with Crippen LogP contribution in [0.1, 0.15) is 69.8 Å². The predicted octanol–water partition coefficient (Wildman–Crippen LogP) is 5.39. The maximum Gasteiger partial charge on any atom is 0.316 e. The summed E-state index contributed by atoms with van der Waals surface area (Å²) in [5.74, 6) is 0.667. The molecule has 3 aliphatic heterocycles. The quantitative estimate of drug-likeness (QED) is 0.327. The number of rotatable bonds is 7. The van der Waals surface area contributed by atoms with Crippen molar-refractivity contribution in [1.29, 1.82) is 0 Å². The van der Waals surface area contributed by atoms with Crippen LogP contribution in [0.15, 0.2) is 48.3 Å². The Hall–Kier alpha value is -1.94. The normalized spacial score (nSPS) is 31.2. The number of hydrogen-bond acceptors (Lipinski definition) is 3. The summed E-state index contributed by atoms with van der Waals surface area (Å²) in [6.07, 6.45) is 22.8. The Morgan fingerprint density at radius 3 is 2.53 bits per heavy atom. The Morgan fingerprint density at radius 1 is 1.09 bits per heavy atom. The molecule has 2 bridgehead atoms. The number of nitrogens with zero attached hydrogens (tertiary/aromatic N) is 2. The number of ether oxygens (including phenoxy) is 1. The Labute approximate surface area is 193 Å². The molecule has 3 saturated heterocycles. The number of esters is 1. The van der Waals surface area contributed by atoms with E-state index in [1.807, 2.05) is 12.4 Å². The van der Waals surface area contributed by atoms with Gasteiger partial charge in [0.2, 0.25) is 0 Å². The molecule has 1 saturated carbocycles. The first kappa shape index (κ1) is 21.9. The Kier molecular flexibility index (Phi) is 6.50. The van der Waals surface area contributed by atoms with Crippen LogP contribution in [0, 0.1) is 11.3 Å². The summed E-state index contributed by atoms with van der Waals surface area (Å²) < 4.78 is 7.64. The number of allylic oxidation sites excluding steroid dienone is 3. The second-order valence-corrected chi connectivity index (χ2v) is 10.8. The van der Waals surface area contributed by atoms with Gasteiger partial charge < -0.3 is 9.22 Å². The summed E-state index contributed by atoms with van der Waals surface area (Å²) in [7, 11) is 0. The Balaban J connectivity index is 1.25. The summed E-state index contributed by atoms with van der Waals surface area (Å²) in [5, 5.41) is 0. The first-order valence-electron chi connectivity index (χ1n) is 13.0. The van der Waals surface area contributed by atoms with Crippen LogP contribution < -0.4 is 0 Å². The number of hydrogen-bond donors (Lipinski definition) is 0. The van der Waals surface area contributed by atoms with Gasteiger partial charge in [-0.3, -0.25) is 9.78 Å². The lowest BCUT2D eigenvalue weighted by atomic mass is 9.73. The molecule has 4 heterocycles. The summed E-state index contributed by atoms with van der Waals surface area (Å²) in [4.78, 5) is 17.9. The second-order valence-electron chi connectivity index (χ2n) is 10.8. The van der Waals surface area contributed by atoms with Gasteiger partial charge >= 0.3 is 5.97 Å². The van der Waals surface area contributed by atoms with Crippen LogP contribution in [0.2, 0.25) is 0 Å². The molecule has 2 aliphatic carbocycles. The molecule has 0 unspecified atom stereocenters. The zero-order valence-electron chi connectivity index (χ0n) is 19.5. The molecule has 0 aromatic carbocycles. The van der Waals surface area contributed by atoms with E-state index in [-0.39, 0.29) is 17.5 Å². The van der Waals surface area contributed by atoms with Crippen molar-refractivity contribution in [3.05, 3.63) is 53.9 Å². The molecular weight excluding hydrogens is 396 g/mol. The smallest absolute Gasteiger partial charge is 0.316 e. The number of pyridine rings is 1. The maximum absolute atomic E-state index is 13.8. The van der Waals surface area contributed by atoms with Crippen molar-refractivity contribution in [2.24, 2.45) is 11.3 Å². The highest BCUT2D eigenvalue weighted by molar-refractivity contribution is 5.81. The first-order valence-corrected chi connectivity index (χ1v) is 13.0. The van der Waals surface area contributed by atoms with Crippen molar-refractivity contribution in [1.82, 2.24) is 4.98 Å². The number of fused-ring (bicyclic) bond motifs is 3. The lowest BCUT2D eigenvalue weighted by molar-refractivity contribution is -0.946. The Bertz CT molecular complexity index is 843. The van der Waals surface area contributed by atoms with E-state index < -0.39 is 0 Å². The molecule has 1 aromatic heterocycles.